The van der Waals surface area contributed by atoms with Gasteiger partial charge in [-0.25, -0.2) is 0 Å². The van der Waals surface area contributed by atoms with E-state index in [1.165, 1.54) is 43.9 Å². The van der Waals surface area contributed by atoms with Crippen molar-refractivity contribution in [2.24, 2.45) is 5.41 Å². The summed E-state index contributed by atoms with van der Waals surface area (Å²) >= 11 is 7.19. The fourth-order valence-electron chi connectivity index (χ4n) is 8.84. The molecule has 5 aliphatic rings. The minimum absolute atomic E-state index is 0.0385. The van der Waals surface area contributed by atoms with Crippen LogP contribution in [0.2, 0.25) is 5.02 Å². The molecule has 9 nitrogen and oxygen atoms in total. The van der Waals surface area contributed by atoms with Crippen molar-refractivity contribution in [1.82, 2.24) is 29.8 Å². The van der Waals surface area contributed by atoms with Gasteiger partial charge in [-0.2, -0.15) is 10.2 Å². The van der Waals surface area contributed by atoms with E-state index in [0.29, 0.717) is 12.1 Å². The number of hydrogen-bond acceptors (Lipinski definition) is 6. The number of carbonyl (C=O) groups is 1. The van der Waals surface area contributed by atoms with Crippen molar-refractivity contribution >= 4 is 34.2 Å². The van der Waals surface area contributed by atoms with Gasteiger partial charge in [-0.15, -0.1) is 0 Å². The molecule has 43 heavy (non-hydrogen) atoms. The minimum atomic E-state index is 0.0385. The van der Waals surface area contributed by atoms with Gasteiger partial charge in [0, 0.05) is 73.5 Å². The number of amides is 1. The lowest BCUT2D eigenvalue weighted by Gasteiger charge is -2.59. The lowest BCUT2D eigenvalue weighted by atomic mass is 9.60. The summed E-state index contributed by atoms with van der Waals surface area (Å²) in [5, 5.41) is 14.9. The third-order valence-electron chi connectivity index (χ3n) is 11.2. The summed E-state index contributed by atoms with van der Waals surface area (Å²) in [4.78, 5) is 19.3. The third-order valence-corrected chi connectivity index (χ3v) is 11.7. The maximum absolute atomic E-state index is 12.1. The fourth-order valence-corrected chi connectivity index (χ4v) is 9.09. The highest BCUT2D eigenvalue weighted by atomic mass is 35.5. The molecule has 1 aromatic carbocycles. The molecule has 3 aromatic rings. The summed E-state index contributed by atoms with van der Waals surface area (Å²) in [6, 6.07) is 2.41. The van der Waals surface area contributed by atoms with Crippen LogP contribution in [0.5, 0.6) is 0 Å². The number of rotatable bonds is 6. The zero-order valence-electron chi connectivity index (χ0n) is 25.4. The molecule has 2 aliphatic carbocycles. The largest absolute Gasteiger partial charge is 0.377 e. The molecule has 1 atom stereocenters. The summed E-state index contributed by atoms with van der Waals surface area (Å²) in [6.45, 7) is 14.5. The highest BCUT2D eigenvalue weighted by Gasteiger charge is 2.55. The number of nitrogens with one attached hydrogen (secondary N) is 1. The van der Waals surface area contributed by atoms with E-state index in [9.17, 15) is 4.79 Å². The van der Waals surface area contributed by atoms with E-state index >= 15 is 0 Å². The second-order valence-electron chi connectivity index (χ2n) is 14.0. The Morgan fingerprint density at radius 1 is 1.19 bits per heavy atom. The summed E-state index contributed by atoms with van der Waals surface area (Å²) in [5.41, 5.74) is 5.69. The van der Waals surface area contributed by atoms with Crippen molar-refractivity contribution in [1.29, 1.82) is 0 Å². The van der Waals surface area contributed by atoms with Crippen LogP contribution in [0.15, 0.2) is 24.9 Å². The topological polar surface area (TPSA) is 82.5 Å². The molecule has 2 spiro atoms. The van der Waals surface area contributed by atoms with Crippen LogP contribution in [0.3, 0.4) is 0 Å². The average molecular weight is 604 g/mol. The zero-order valence-corrected chi connectivity index (χ0v) is 26.1. The van der Waals surface area contributed by atoms with Crippen LogP contribution < -0.4 is 4.90 Å². The van der Waals surface area contributed by atoms with Gasteiger partial charge in [0.15, 0.2) is 5.82 Å². The van der Waals surface area contributed by atoms with Crippen molar-refractivity contribution in [2.75, 3.05) is 50.8 Å². The number of aromatic nitrogens is 4. The molecule has 8 rings (SSSR count). The van der Waals surface area contributed by atoms with Gasteiger partial charge in [-0.05, 0) is 76.5 Å². The Morgan fingerprint density at radius 2 is 2.00 bits per heavy atom. The molecule has 5 fully saturated rings. The number of benzene rings is 1. The van der Waals surface area contributed by atoms with E-state index in [4.69, 9.17) is 21.4 Å². The Kier molecular flexibility index (Phi) is 6.48. The molecule has 5 heterocycles. The molecule has 0 radical (unpaired) electrons. The number of piperazine rings is 1. The number of H-pyrrole nitrogens is 1. The van der Waals surface area contributed by atoms with Crippen LogP contribution >= 0.6 is 11.6 Å². The second kappa shape index (κ2) is 10.1. The molecule has 228 valence electrons. The first-order valence-electron chi connectivity index (χ1n) is 16.0. The predicted molar refractivity (Wildman–Crippen MR) is 169 cm³/mol. The Morgan fingerprint density at radius 3 is 2.70 bits per heavy atom. The van der Waals surface area contributed by atoms with Crippen LogP contribution in [0.1, 0.15) is 62.2 Å². The molecule has 10 heteroatoms. The van der Waals surface area contributed by atoms with Crippen LogP contribution in [-0.2, 0) is 9.53 Å². The molecule has 3 aliphatic heterocycles. The summed E-state index contributed by atoms with van der Waals surface area (Å²) < 4.78 is 8.32. The number of aromatic amines is 1. The number of aryl methyl sites for hydroxylation is 1. The number of fused-ring (bicyclic) bond motifs is 1. The first kappa shape index (κ1) is 27.7. The molecule has 0 unspecified atom stereocenters. The molecular weight excluding hydrogens is 562 g/mol. The number of hydrogen-bond donors (Lipinski definition) is 1. The van der Waals surface area contributed by atoms with Gasteiger partial charge < -0.3 is 14.5 Å². The summed E-state index contributed by atoms with van der Waals surface area (Å²) in [7, 11) is 0. The van der Waals surface area contributed by atoms with Crippen LogP contribution in [-0.4, -0.2) is 93.2 Å². The van der Waals surface area contributed by atoms with Gasteiger partial charge in [0.05, 0.1) is 34.4 Å². The standard InChI is InChI=1S/C33H42ClN7O2/c1-4-27(42)39-18-32(19-39)14-23(15-32)41-22(3)28(29-25-16-35-36-26(25)13-21(2)30(29)34)31(37-41)40-11-10-38(17-24-7-5-12-43-24)20-33(40)8-6-9-33/h4,13,16,23-24H,1,5-12,14-15,17-20H2,2-3H3,(H,35,36)/t24-/m1/s1. The van der Waals surface area contributed by atoms with Crippen molar-refractivity contribution in [2.45, 2.75) is 76.5 Å². The Bertz CT molecular complexity index is 1590. The van der Waals surface area contributed by atoms with Crippen LogP contribution in [0, 0.1) is 19.3 Å². The van der Waals surface area contributed by atoms with Gasteiger partial charge in [0.25, 0.3) is 0 Å². The Hall–Kier alpha value is -2.88. The number of nitrogens with zero attached hydrogens (tertiary/aromatic N) is 6. The number of carbonyl (C=O) groups excluding carboxylic acids is 1. The van der Waals surface area contributed by atoms with Gasteiger partial charge in [0.1, 0.15) is 0 Å². The van der Waals surface area contributed by atoms with Gasteiger partial charge in [-0.1, -0.05) is 18.2 Å². The Labute approximate surface area is 258 Å². The third kappa shape index (κ3) is 4.29. The molecule has 3 saturated heterocycles. The van der Waals surface area contributed by atoms with E-state index in [1.807, 2.05) is 11.1 Å². The predicted octanol–water partition coefficient (Wildman–Crippen LogP) is 5.27. The molecule has 2 saturated carbocycles. The highest BCUT2D eigenvalue weighted by Crippen LogP contribution is 2.56. The minimum Gasteiger partial charge on any atom is -0.377 e. The van der Waals surface area contributed by atoms with Crippen molar-refractivity contribution in [3.63, 3.8) is 0 Å². The second-order valence-corrected chi connectivity index (χ2v) is 14.4. The molecular formula is C33H42ClN7O2. The monoisotopic (exact) mass is 603 g/mol. The first-order valence-corrected chi connectivity index (χ1v) is 16.4. The lowest BCUT2D eigenvalue weighted by molar-refractivity contribution is -0.149. The fraction of sp³-hybridized carbons (Fsp3) is 0.606. The maximum atomic E-state index is 12.1. The van der Waals surface area contributed by atoms with Gasteiger partial charge in [-0.3, -0.25) is 19.5 Å². The zero-order chi connectivity index (χ0) is 29.5. The van der Waals surface area contributed by atoms with Crippen molar-refractivity contribution < 1.29 is 9.53 Å². The van der Waals surface area contributed by atoms with Crippen molar-refractivity contribution in [3.05, 3.63) is 41.2 Å². The lowest BCUT2D eigenvalue weighted by Crippen LogP contribution is -2.66. The smallest absolute Gasteiger partial charge is 0.245 e. The number of ether oxygens (including phenoxy) is 1. The van der Waals surface area contributed by atoms with E-state index < -0.39 is 0 Å². The molecule has 0 bridgehead atoms. The average Bonchev–Trinajstić information content (AvgIpc) is 3.68. The highest BCUT2D eigenvalue weighted by molar-refractivity contribution is 6.36. The quantitative estimate of drug-likeness (QED) is 0.387. The van der Waals surface area contributed by atoms with Crippen LogP contribution in [0.25, 0.3) is 22.0 Å². The van der Waals surface area contributed by atoms with E-state index in [0.717, 1.165) is 97.2 Å². The van der Waals surface area contributed by atoms with Crippen molar-refractivity contribution in [3.8, 4) is 11.1 Å². The summed E-state index contributed by atoms with van der Waals surface area (Å²) in [5.74, 6) is 1.11. The maximum Gasteiger partial charge on any atom is 0.245 e. The number of anilines is 1. The van der Waals surface area contributed by atoms with E-state index in [1.54, 1.807) is 0 Å². The van der Waals surface area contributed by atoms with Gasteiger partial charge >= 0.3 is 0 Å². The molecule has 2 aromatic heterocycles. The summed E-state index contributed by atoms with van der Waals surface area (Å²) in [6.07, 6.45) is 11.8. The number of halogens is 1. The SMILES string of the molecule is C=CC(=O)N1CC2(CC(n3nc(N4CCN(C[C@H]5CCCO5)CC45CCC5)c(-c4c(Cl)c(C)cc5[nH]ncc45)c3C)C2)C1. The van der Waals surface area contributed by atoms with Crippen LogP contribution in [0.4, 0.5) is 5.82 Å². The molecule has 1 N–H and O–H groups in total. The normalized spacial score (nSPS) is 24.9. The molecule has 1 amide bonds. The van der Waals surface area contributed by atoms with E-state index in [2.05, 4.69) is 51.2 Å². The van der Waals surface area contributed by atoms with Gasteiger partial charge in [0.2, 0.25) is 5.91 Å². The van der Waals surface area contributed by atoms with E-state index in [-0.39, 0.29) is 16.9 Å². The Balaban J connectivity index is 1.17. The first-order chi connectivity index (χ1) is 20.8. The number of likely N-dealkylation sites (tertiary alicyclic amines) is 1.